The van der Waals surface area contributed by atoms with Crippen molar-refractivity contribution < 1.29 is 32.3 Å². The first-order chi connectivity index (χ1) is 15.2. The van der Waals surface area contributed by atoms with E-state index >= 15 is 0 Å². The molecule has 2 aromatic rings. The van der Waals surface area contributed by atoms with Gasteiger partial charge in [-0.2, -0.15) is 0 Å². The van der Waals surface area contributed by atoms with Crippen LogP contribution in [0, 0.1) is 0 Å². The summed E-state index contributed by atoms with van der Waals surface area (Å²) in [5.74, 6) is -2.24. The van der Waals surface area contributed by atoms with E-state index in [0.717, 1.165) is 4.90 Å². The first-order valence-electron chi connectivity index (χ1n) is 9.71. The van der Waals surface area contributed by atoms with Gasteiger partial charge in [-0.1, -0.05) is 6.07 Å². The minimum atomic E-state index is -3.39. The van der Waals surface area contributed by atoms with Crippen molar-refractivity contribution in [2.45, 2.75) is 6.42 Å². The number of esters is 1. The number of nitrogens with one attached hydrogen (secondary N) is 1. The summed E-state index contributed by atoms with van der Waals surface area (Å²) < 4.78 is 30.4. The third-order valence-electron chi connectivity index (χ3n) is 5.18. The lowest BCUT2D eigenvalue weighted by Crippen LogP contribution is -2.25. The maximum atomic E-state index is 12.3. The van der Waals surface area contributed by atoms with Gasteiger partial charge in [-0.15, -0.1) is 0 Å². The number of amides is 3. The van der Waals surface area contributed by atoms with Crippen LogP contribution in [0.1, 0.15) is 37.5 Å². The summed E-state index contributed by atoms with van der Waals surface area (Å²) in [4.78, 5) is 49.5. The summed E-state index contributed by atoms with van der Waals surface area (Å²) in [6, 6.07) is 10.3. The minimum Gasteiger partial charge on any atom is -0.452 e. The van der Waals surface area contributed by atoms with Gasteiger partial charge in [-0.25, -0.2) is 13.2 Å². The van der Waals surface area contributed by atoms with Gasteiger partial charge in [-0.05, 0) is 42.8 Å². The predicted molar refractivity (Wildman–Crippen MR) is 114 cm³/mol. The van der Waals surface area contributed by atoms with E-state index in [-0.39, 0.29) is 28.1 Å². The van der Waals surface area contributed by atoms with E-state index in [4.69, 9.17) is 4.74 Å². The molecule has 1 N–H and O–H groups in total. The fourth-order valence-corrected chi connectivity index (χ4v) is 5.12. The first kappa shape index (κ1) is 21.5. The quantitative estimate of drug-likeness (QED) is 0.528. The molecule has 0 spiro atoms. The monoisotopic (exact) mass is 457 g/mol. The average molecular weight is 457 g/mol. The number of imide groups is 1. The molecule has 0 saturated carbocycles. The van der Waals surface area contributed by atoms with Crippen LogP contribution in [0.4, 0.5) is 11.4 Å². The Morgan fingerprint density at radius 1 is 1.06 bits per heavy atom. The zero-order chi connectivity index (χ0) is 23.0. The van der Waals surface area contributed by atoms with Crippen LogP contribution in [0.25, 0.3) is 0 Å². The second-order valence-electron chi connectivity index (χ2n) is 7.35. The van der Waals surface area contributed by atoms with E-state index in [0.29, 0.717) is 18.7 Å². The van der Waals surface area contributed by atoms with Gasteiger partial charge in [0.05, 0.1) is 28.1 Å². The Bertz CT molecular complexity index is 1260. The molecule has 0 aliphatic carbocycles. The fourth-order valence-electron chi connectivity index (χ4n) is 3.57. The molecule has 1 saturated heterocycles. The van der Waals surface area contributed by atoms with Gasteiger partial charge in [0.25, 0.3) is 17.7 Å². The maximum absolute atomic E-state index is 12.3. The smallest absolute Gasteiger partial charge is 0.338 e. The molecular weight excluding hydrogens is 438 g/mol. The third kappa shape index (κ3) is 3.94. The van der Waals surface area contributed by atoms with Crippen LogP contribution in [0.5, 0.6) is 0 Å². The molecule has 2 aliphatic heterocycles. The summed E-state index contributed by atoms with van der Waals surface area (Å²) in [5, 5.41) is 2.51. The van der Waals surface area contributed by atoms with Gasteiger partial charge in [0.2, 0.25) is 10.0 Å². The van der Waals surface area contributed by atoms with Crippen LogP contribution in [0.2, 0.25) is 0 Å². The van der Waals surface area contributed by atoms with E-state index in [2.05, 4.69) is 5.32 Å². The highest BCUT2D eigenvalue weighted by atomic mass is 32.2. The average Bonchev–Trinajstić information content (AvgIpc) is 3.23. The van der Waals surface area contributed by atoms with Gasteiger partial charge in [0, 0.05) is 19.3 Å². The van der Waals surface area contributed by atoms with Crippen LogP contribution < -0.4 is 9.62 Å². The normalized spacial score (nSPS) is 16.8. The SMILES string of the molecule is CN1C(=O)c2ccc(NC(=O)COC(=O)c3cccc(N4CCCS4(=O)=O)c3)cc2C1=O. The Morgan fingerprint density at radius 2 is 1.81 bits per heavy atom. The Hall–Kier alpha value is -3.73. The zero-order valence-electron chi connectivity index (χ0n) is 17.0. The highest BCUT2D eigenvalue weighted by Crippen LogP contribution is 2.26. The van der Waals surface area contributed by atoms with E-state index in [9.17, 15) is 27.6 Å². The number of fused-ring (bicyclic) bond motifs is 1. The first-order valence-corrected chi connectivity index (χ1v) is 11.3. The van der Waals surface area contributed by atoms with Crippen molar-refractivity contribution in [2.24, 2.45) is 0 Å². The number of carbonyl (C=O) groups excluding carboxylic acids is 4. The summed E-state index contributed by atoms with van der Waals surface area (Å²) in [7, 11) is -2.02. The highest BCUT2D eigenvalue weighted by molar-refractivity contribution is 7.93. The van der Waals surface area contributed by atoms with Crippen molar-refractivity contribution in [2.75, 3.05) is 35.6 Å². The molecule has 0 radical (unpaired) electrons. The second-order valence-corrected chi connectivity index (χ2v) is 9.36. The Morgan fingerprint density at radius 3 is 2.53 bits per heavy atom. The molecule has 0 bridgehead atoms. The van der Waals surface area contributed by atoms with Crippen LogP contribution in [-0.4, -0.2) is 63.0 Å². The second kappa shape index (κ2) is 8.08. The highest BCUT2D eigenvalue weighted by Gasteiger charge is 2.33. The number of hydrogen-bond acceptors (Lipinski definition) is 7. The lowest BCUT2D eigenvalue weighted by molar-refractivity contribution is -0.119. The van der Waals surface area contributed by atoms with Crippen molar-refractivity contribution in [3.8, 4) is 0 Å². The molecule has 10 nitrogen and oxygen atoms in total. The Kier molecular flexibility index (Phi) is 5.43. The van der Waals surface area contributed by atoms with E-state index in [1.54, 1.807) is 12.1 Å². The number of ether oxygens (including phenoxy) is 1. The molecule has 1 fully saturated rings. The van der Waals surface area contributed by atoms with Crippen LogP contribution in [-0.2, 0) is 19.6 Å². The van der Waals surface area contributed by atoms with Crippen molar-refractivity contribution in [3.63, 3.8) is 0 Å². The van der Waals surface area contributed by atoms with Crippen molar-refractivity contribution in [3.05, 3.63) is 59.2 Å². The van der Waals surface area contributed by atoms with Crippen molar-refractivity contribution >= 4 is 45.1 Å². The van der Waals surface area contributed by atoms with Crippen molar-refractivity contribution in [1.29, 1.82) is 0 Å². The van der Waals surface area contributed by atoms with Gasteiger partial charge >= 0.3 is 5.97 Å². The molecule has 32 heavy (non-hydrogen) atoms. The van der Waals surface area contributed by atoms with Crippen LogP contribution in [0.15, 0.2) is 42.5 Å². The molecule has 2 aromatic carbocycles. The lowest BCUT2D eigenvalue weighted by Gasteiger charge is -2.17. The van der Waals surface area contributed by atoms with Crippen LogP contribution >= 0.6 is 0 Å². The molecule has 0 atom stereocenters. The fraction of sp³-hybridized carbons (Fsp3) is 0.238. The molecule has 0 aromatic heterocycles. The number of nitrogens with zero attached hydrogens (tertiary/aromatic N) is 2. The summed E-state index contributed by atoms with van der Waals surface area (Å²) in [6.45, 7) is -0.247. The summed E-state index contributed by atoms with van der Waals surface area (Å²) in [6.07, 6.45) is 0.510. The minimum absolute atomic E-state index is 0.0561. The molecule has 4 rings (SSSR count). The summed E-state index contributed by atoms with van der Waals surface area (Å²) >= 11 is 0. The largest absolute Gasteiger partial charge is 0.452 e. The lowest BCUT2D eigenvalue weighted by atomic mass is 10.1. The molecule has 2 aliphatic rings. The van der Waals surface area contributed by atoms with Gasteiger partial charge < -0.3 is 10.1 Å². The van der Waals surface area contributed by atoms with Gasteiger partial charge in [-0.3, -0.25) is 23.6 Å². The van der Waals surface area contributed by atoms with Gasteiger partial charge in [0.15, 0.2) is 6.61 Å². The van der Waals surface area contributed by atoms with E-state index in [1.165, 1.54) is 41.7 Å². The number of benzene rings is 2. The third-order valence-corrected chi connectivity index (χ3v) is 7.05. The Labute approximate surface area is 183 Å². The molecule has 3 amide bonds. The van der Waals surface area contributed by atoms with E-state index in [1.807, 2.05) is 0 Å². The maximum Gasteiger partial charge on any atom is 0.338 e. The van der Waals surface area contributed by atoms with Crippen LogP contribution in [0.3, 0.4) is 0 Å². The van der Waals surface area contributed by atoms with Gasteiger partial charge in [0.1, 0.15) is 0 Å². The van der Waals surface area contributed by atoms with Crippen molar-refractivity contribution in [1.82, 2.24) is 4.90 Å². The Balaban J connectivity index is 1.38. The topological polar surface area (TPSA) is 130 Å². The molecule has 2 heterocycles. The molecular formula is C21H19N3O7S. The molecule has 0 unspecified atom stereocenters. The number of rotatable bonds is 5. The number of carbonyl (C=O) groups is 4. The molecule has 11 heteroatoms. The zero-order valence-corrected chi connectivity index (χ0v) is 17.8. The molecule has 166 valence electrons. The van der Waals surface area contributed by atoms with E-state index < -0.39 is 40.3 Å². The number of anilines is 2. The number of sulfonamides is 1. The predicted octanol–water partition coefficient (Wildman–Crippen LogP) is 1.25. The summed E-state index contributed by atoms with van der Waals surface area (Å²) in [5.41, 5.74) is 1.19. The number of hydrogen-bond donors (Lipinski definition) is 1. The standard InChI is InChI=1S/C21H19N3O7S/c1-23-19(26)16-7-6-14(11-17(16)20(23)27)22-18(25)12-31-21(28)13-4-2-5-15(10-13)24-8-3-9-32(24,29)30/h2,4-7,10-11H,3,8-9,12H2,1H3,(H,22,25).